The van der Waals surface area contributed by atoms with Crippen LogP contribution in [0, 0.1) is 5.82 Å². The fourth-order valence-electron chi connectivity index (χ4n) is 4.55. The molecule has 4 nitrogen and oxygen atoms in total. The van der Waals surface area contributed by atoms with Gasteiger partial charge in [-0.15, -0.1) is 11.3 Å². The summed E-state index contributed by atoms with van der Waals surface area (Å²) in [4.78, 5) is 17.0. The van der Waals surface area contributed by atoms with Crippen molar-refractivity contribution in [3.63, 3.8) is 0 Å². The molecule has 1 unspecified atom stereocenters. The Kier molecular flexibility index (Phi) is 6.09. The Labute approximate surface area is 169 Å². The molecule has 1 saturated carbocycles. The predicted molar refractivity (Wildman–Crippen MR) is 109 cm³/mol. The number of thiophene rings is 1. The molecule has 0 bridgehead atoms. The van der Waals surface area contributed by atoms with E-state index >= 15 is 0 Å². The summed E-state index contributed by atoms with van der Waals surface area (Å²) in [5, 5.41) is 5.31. The molecule has 1 aromatic carbocycles. The minimum atomic E-state index is -0.604. The number of rotatable bonds is 6. The summed E-state index contributed by atoms with van der Waals surface area (Å²) in [6, 6.07) is 10.9. The van der Waals surface area contributed by atoms with Crippen LogP contribution in [0.1, 0.15) is 42.2 Å². The average Bonchev–Trinajstić information content (AvgIpc) is 3.42. The van der Waals surface area contributed by atoms with Gasteiger partial charge in [-0.05, 0) is 42.0 Å². The van der Waals surface area contributed by atoms with Gasteiger partial charge >= 0.3 is 0 Å². The van der Waals surface area contributed by atoms with Crippen molar-refractivity contribution in [3.05, 3.63) is 58.0 Å². The highest BCUT2D eigenvalue weighted by Crippen LogP contribution is 2.41. The van der Waals surface area contributed by atoms with Gasteiger partial charge in [-0.25, -0.2) is 4.39 Å². The standard InChI is InChI=1S/C22H27FN2O2S/c23-18-6-3-5-17(15-18)22(8-1-2-9-22)21(26)24-16-19(20-7-4-14-28-20)25-10-12-27-13-11-25/h3-7,14-15,19H,1-2,8-13,16H2,(H,24,26). The van der Waals surface area contributed by atoms with Crippen molar-refractivity contribution in [3.8, 4) is 0 Å². The molecule has 4 rings (SSSR count). The molecule has 6 heteroatoms. The van der Waals surface area contributed by atoms with E-state index in [2.05, 4.69) is 27.7 Å². The van der Waals surface area contributed by atoms with Crippen LogP contribution in [0.15, 0.2) is 41.8 Å². The van der Waals surface area contributed by atoms with Crippen molar-refractivity contribution in [1.82, 2.24) is 10.2 Å². The molecule has 2 aromatic rings. The molecule has 2 aliphatic rings. The van der Waals surface area contributed by atoms with Crippen LogP contribution in [0.25, 0.3) is 0 Å². The Hall–Kier alpha value is -1.76. The summed E-state index contributed by atoms with van der Waals surface area (Å²) in [5.74, 6) is -0.244. The summed E-state index contributed by atoms with van der Waals surface area (Å²) >= 11 is 1.72. The van der Waals surface area contributed by atoms with Crippen LogP contribution in [-0.2, 0) is 14.9 Å². The summed E-state index contributed by atoms with van der Waals surface area (Å²) < 4.78 is 19.3. The van der Waals surface area contributed by atoms with Gasteiger partial charge in [-0.1, -0.05) is 31.0 Å². The van der Waals surface area contributed by atoms with Gasteiger partial charge in [0.05, 0.1) is 24.7 Å². The third kappa shape index (κ3) is 4.00. The van der Waals surface area contributed by atoms with Crippen LogP contribution in [0.3, 0.4) is 0 Å². The number of morpholine rings is 1. The maximum absolute atomic E-state index is 13.8. The molecule has 150 valence electrons. The maximum Gasteiger partial charge on any atom is 0.230 e. The number of benzene rings is 1. The zero-order valence-electron chi connectivity index (χ0n) is 16.0. The molecule has 1 atom stereocenters. The summed E-state index contributed by atoms with van der Waals surface area (Å²) in [7, 11) is 0. The fraction of sp³-hybridized carbons (Fsp3) is 0.500. The number of nitrogens with zero attached hydrogens (tertiary/aromatic N) is 1. The van der Waals surface area contributed by atoms with Crippen molar-refractivity contribution in [1.29, 1.82) is 0 Å². The number of ether oxygens (including phenoxy) is 1. The zero-order chi connectivity index (χ0) is 19.4. The van der Waals surface area contributed by atoms with Crippen LogP contribution in [0.2, 0.25) is 0 Å². The van der Waals surface area contributed by atoms with E-state index in [9.17, 15) is 9.18 Å². The second-order valence-electron chi connectivity index (χ2n) is 7.69. The molecule has 28 heavy (non-hydrogen) atoms. The quantitative estimate of drug-likeness (QED) is 0.797. The van der Waals surface area contributed by atoms with E-state index in [1.807, 2.05) is 6.07 Å². The van der Waals surface area contributed by atoms with Crippen LogP contribution < -0.4 is 5.32 Å². The lowest BCUT2D eigenvalue weighted by molar-refractivity contribution is -0.127. The number of hydrogen-bond donors (Lipinski definition) is 1. The monoisotopic (exact) mass is 402 g/mol. The van der Waals surface area contributed by atoms with E-state index < -0.39 is 5.41 Å². The van der Waals surface area contributed by atoms with Gasteiger partial charge in [-0.2, -0.15) is 0 Å². The highest BCUT2D eigenvalue weighted by molar-refractivity contribution is 7.10. The highest BCUT2D eigenvalue weighted by atomic mass is 32.1. The highest BCUT2D eigenvalue weighted by Gasteiger charge is 2.43. The van der Waals surface area contributed by atoms with Crippen molar-refractivity contribution in [2.24, 2.45) is 0 Å². The van der Waals surface area contributed by atoms with E-state index in [1.165, 1.54) is 17.0 Å². The third-order valence-electron chi connectivity index (χ3n) is 6.08. The van der Waals surface area contributed by atoms with E-state index in [1.54, 1.807) is 17.4 Å². The average molecular weight is 403 g/mol. The molecular weight excluding hydrogens is 375 g/mol. The van der Waals surface area contributed by atoms with Gasteiger partial charge in [0.1, 0.15) is 5.82 Å². The first-order chi connectivity index (χ1) is 13.7. The van der Waals surface area contributed by atoms with Crippen LogP contribution in [0.4, 0.5) is 4.39 Å². The van der Waals surface area contributed by atoms with Gasteiger partial charge in [-0.3, -0.25) is 9.69 Å². The Balaban J connectivity index is 1.52. The van der Waals surface area contributed by atoms with E-state index in [-0.39, 0.29) is 17.8 Å². The second kappa shape index (κ2) is 8.72. The van der Waals surface area contributed by atoms with Gasteiger partial charge < -0.3 is 10.1 Å². The minimum Gasteiger partial charge on any atom is -0.379 e. The number of halogens is 1. The van der Waals surface area contributed by atoms with Crippen molar-refractivity contribution < 1.29 is 13.9 Å². The minimum absolute atomic E-state index is 0.0328. The summed E-state index contributed by atoms with van der Waals surface area (Å²) in [5.41, 5.74) is 0.203. The SMILES string of the molecule is O=C(NCC(c1cccs1)N1CCOCC1)C1(c2cccc(F)c2)CCCC1. The first-order valence-electron chi connectivity index (χ1n) is 10.1. The number of carbonyl (C=O) groups is 1. The van der Waals surface area contributed by atoms with Crippen molar-refractivity contribution in [2.75, 3.05) is 32.8 Å². The summed E-state index contributed by atoms with van der Waals surface area (Å²) in [6.07, 6.45) is 3.57. The molecule has 1 aliphatic carbocycles. The number of nitrogens with one attached hydrogen (secondary N) is 1. The molecule has 2 heterocycles. The zero-order valence-corrected chi connectivity index (χ0v) is 16.8. The van der Waals surface area contributed by atoms with Gasteiger partial charge in [0.15, 0.2) is 0 Å². The first kappa shape index (κ1) is 19.6. The first-order valence-corrected chi connectivity index (χ1v) is 11.0. The lowest BCUT2D eigenvalue weighted by atomic mass is 9.78. The van der Waals surface area contributed by atoms with E-state index in [4.69, 9.17) is 4.74 Å². The van der Waals surface area contributed by atoms with Crippen molar-refractivity contribution in [2.45, 2.75) is 37.1 Å². The van der Waals surface area contributed by atoms with Crippen LogP contribution >= 0.6 is 11.3 Å². The molecule has 2 fully saturated rings. The topological polar surface area (TPSA) is 41.6 Å². The third-order valence-corrected chi connectivity index (χ3v) is 7.06. The van der Waals surface area contributed by atoms with E-state index in [0.717, 1.165) is 57.6 Å². The van der Waals surface area contributed by atoms with Crippen LogP contribution in [0.5, 0.6) is 0 Å². The number of hydrogen-bond acceptors (Lipinski definition) is 4. The number of amides is 1. The Morgan fingerprint density at radius 3 is 2.68 bits per heavy atom. The van der Waals surface area contributed by atoms with Crippen LogP contribution in [-0.4, -0.2) is 43.7 Å². The van der Waals surface area contributed by atoms with Gasteiger partial charge in [0.25, 0.3) is 0 Å². The largest absolute Gasteiger partial charge is 0.379 e. The van der Waals surface area contributed by atoms with Gasteiger partial charge in [0, 0.05) is 24.5 Å². The molecule has 1 aromatic heterocycles. The molecular formula is C22H27FN2O2S. The summed E-state index contributed by atoms with van der Waals surface area (Å²) in [6.45, 7) is 3.75. The molecule has 1 saturated heterocycles. The number of carbonyl (C=O) groups excluding carboxylic acids is 1. The Bertz CT molecular complexity index is 784. The maximum atomic E-state index is 13.8. The second-order valence-corrected chi connectivity index (χ2v) is 8.67. The fourth-order valence-corrected chi connectivity index (χ4v) is 5.41. The lowest BCUT2D eigenvalue weighted by Crippen LogP contribution is -2.48. The Morgan fingerprint density at radius 2 is 2.00 bits per heavy atom. The lowest BCUT2D eigenvalue weighted by Gasteiger charge is -2.35. The molecule has 1 aliphatic heterocycles. The molecule has 1 N–H and O–H groups in total. The predicted octanol–water partition coefficient (Wildman–Crippen LogP) is 3.89. The normalized spacial score (nSPS) is 20.8. The molecule has 0 radical (unpaired) electrons. The van der Waals surface area contributed by atoms with E-state index in [0.29, 0.717) is 6.54 Å². The molecule has 0 spiro atoms. The smallest absolute Gasteiger partial charge is 0.230 e. The van der Waals surface area contributed by atoms with Crippen molar-refractivity contribution >= 4 is 17.2 Å². The van der Waals surface area contributed by atoms with Gasteiger partial charge in [0.2, 0.25) is 5.91 Å². The molecule has 1 amide bonds. The Morgan fingerprint density at radius 1 is 1.21 bits per heavy atom.